The number of piperidine rings is 1. The zero-order chi connectivity index (χ0) is 25.5. The number of hydrogen-bond acceptors (Lipinski definition) is 9. The van der Waals surface area contributed by atoms with Crippen molar-refractivity contribution in [3.63, 3.8) is 0 Å². The third kappa shape index (κ3) is 4.63. The average Bonchev–Trinajstić information content (AvgIpc) is 3.21. The summed E-state index contributed by atoms with van der Waals surface area (Å²) in [6, 6.07) is 11.7. The van der Waals surface area contributed by atoms with Gasteiger partial charge in [0.05, 0.1) is 27.7 Å². The van der Waals surface area contributed by atoms with Crippen molar-refractivity contribution < 1.29 is 21.6 Å². The number of nitrogen functional groups attached to an aromatic ring is 1. The molecule has 1 saturated heterocycles. The van der Waals surface area contributed by atoms with Gasteiger partial charge in [-0.2, -0.15) is 0 Å². The molecule has 0 unspecified atom stereocenters. The van der Waals surface area contributed by atoms with Crippen LogP contribution in [0.1, 0.15) is 12.8 Å². The summed E-state index contributed by atoms with van der Waals surface area (Å²) in [6.45, 7) is 1.87. The molecule has 190 valence electrons. The zero-order valence-electron chi connectivity index (χ0n) is 19.7. The molecule has 0 radical (unpaired) electrons. The molecule has 1 fully saturated rings. The van der Waals surface area contributed by atoms with Gasteiger partial charge in [-0.05, 0) is 37.1 Å². The SMILES string of the molecule is CS(=O)(=O)CCN1CCC(Oc2c(N)ncc3c2c2cccnc2n3S(=O)(=O)c2ccccc2)CC1. The van der Waals surface area contributed by atoms with Gasteiger partial charge in [0.2, 0.25) is 0 Å². The second-order valence-corrected chi connectivity index (χ2v) is 13.0. The van der Waals surface area contributed by atoms with E-state index in [1.54, 1.807) is 36.5 Å². The van der Waals surface area contributed by atoms with Crippen LogP contribution in [0, 0.1) is 0 Å². The first-order chi connectivity index (χ1) is 17.1. The van der Waals surface area contributed by atoms with E-state index in [1.807, 2.05) is 0 Å². The first-order valence-electron chi connectivity index (χ1n) is 11.6. The molecule has 5 rings (SSSR count). The van der Waals surface area contributed by atoms with E-state index in [-0.39, 0.29) is 28.2 Å². The highest BCUT2D eigenvalue weighted by molar-refractivity contribution is 7.90. The largest absolute Gasteiger partial charge is 0.486 e. The quantitative estimate of drug-likeness (QED) is 0.382. The van der Waals surface area contributed by atoms with E-state index in [9.17, 15) is 16.8 Å². The molecule has 0 aliphatic carbocycles. The number of likely N-dealkylation sites (tertiary alicyclic amines) is 1. The van der Waals surface area contributed by atoms with Crippen molar-refractivity contribution in [3.8, 4) is 5.75 Å². The Morgan fingerprint density at radius 2 is 1.75 bits per heavy atom. The Morgan fingerprint density at radius 1 is 1.03 bits per heavy atom. The molecule has 0 bridgehead atoms. The predicted octanol–water partition coefficient (Wildman–Crippen LogP) is 2.29. The highest BCUT2D eigenvalue weighted by Gasteiger charge is 2.29. The molecule has 36 heavy (non-hydrogen) atoms. The molecule has 0 spiro atoms. The lowest BCUT2D eigenvalue weighted by Crippen LogP contribution is -2.40. The first kappa shape index (κ1) is 24.5. The van der Waals surface area contributed by atoms with Crippen LogP contribution in [-0.2, 0) is 19.9 Å². The van der Waals surface area contributed by atoms with E-state index >= 15 is 0 Å². The van der Waals surface area contributed by atoms with E-state index < -0.39 is 19.9 Å². The Labute approximate surface area is 209 Å². The van der Waals surface area contributed by atoms with Crippen LogP contribution < -0.4 is 10.5 Å². The average molecular weight is 530 g/mol. The minimum absolute atomic E-state index is 0.122. The third-order valence-corrected chi connectivity index (χ3v) is 9.03. The lowest BCUT2D eigenvalue weighted by Gasteiger charge is -2.32. The van der Waals surface area contributed by atoms with Gasteiger partial charge in [-0.25, -0.2) is 30.8 Å². The number of fused-ring (bicyclic) bond motifs is 3. The fourth-order valence-corrected chi connectivity index (χ4v) is 6.63. The van der Waals surface area contributed by atoms with Crippen LogP contribution in [0.3, 0.4) is 0 Å². The van der Waals surface area contributed by atoms with Crippen LogP contribution in [0.2, 0.25) is 0 Å². The summed E-state index contributed by atoms with van der Waals surface area (Å²) >= 11 is 0. The molecule has 4 heterocycles. The van der Waals surface area contributed by atoms with Crippen LogP contribution in [0.25, 0.3) is 21.9 Å². The number of pyridine rings is 2. The van der Waals surface area contributed by atoms with Crippen LogP contribution in [0.5, 0.6) is 5.75 Å². The number of nitrogens with zero attached hydrogens (tertiary/aromatic N) is 4. The summed E-state index contributed by atoms with van der Waals surface area (Å²) < 4.78 is 57.8. The molecule has 4 aromatic rings. The van der Waals surface area contributed by atoms with Crippen LogP contribution in [0.4, 0.5) is 5.82 Å². The van der Waals surface area contributed by atoms with Crippen molar-refractivity contribution in [2.75, 3.05) is 37.4 Å². The van der Waals surface area contributed by atoms with Crippen LogP contribution >= 0.6 is 0 Å². The maximum absolute atomic E-state index is 13.7. The zero-order valence-corrected chi connectivity index (χ0v) is 21.4. The van der Waals surface area contributed by atoms with Crippen molar-refractivity contribution in [2.24, 2.45) is 0 Å². The van der Waals surface area contributed by atoms with Gasteiger partial charge in [0.1, 0.15) is 15.9 Å². The van der Waals surface area contributed by atoms with E-state index in [2.05, 4.69) is 14.9 Å². The van der Waals surface area contributed by atoms with Gasteiger partial charge in [-0.15, -0.1) is 0 Å². The molecule has 2 N–H and O–H groups in total. The Kier molecular flexibility index (Phi) is 6.35. The summed E-state index contributed by atoms with van der Waals surface area (Å²) in [6.07, 6.45) is 5.41. The first-order valence-corrected chi connectivity index (χ1v) is 15.1. The maximum Gasteiger partial charge on any atom is 0.269 e. The molecule has 3 aromatic heterocycles. The van der Waals surface area contributed by atoms with Gasteiger partial charge in [-0.1, -0.05) is 18.2 Å². The number of ether oxygens (including phenoxy) is 1. The number of hydrogen-bond donors (Lipinski definition) is 1. The Balaban J connectivity index is 1.53. The molecule has 0 atom stereocenters. The highest BCUT2D eigenvalue weighted by Crippen LogP contribution is 2.40. The molecule has 0 amide bonds. The Bertz CT molecular complexity index is 1630. The van der Waals surface area contributed by atoms with E-state index in [0.717, 1.165) is 0 Å². The van der Waals surface area contributed by atoms with E-state index in [1.165, 1.54) is 28.6 Å². The molecular formula is C24H27N5O5S2. The smallest absolute Gasteiger partial charge is 0.269 e. The van der Waals surface area contributed by atoms with E-state index in [0.29, 0.717) is 54.5 Å². The minimum atomic E-state index is -3.98. The minimum Gasteiger partial charge on any atom is -0.486 e. The van der Waals surface area contributed by atoms with Gasteiger partial charge in [0.25, 0.3) is 10.0 Å². The normalized spacial score (nSPS) is 16.0. The summed E-state index contributed by atoms with van der Waals surface area (Å²) in [5.74, 6) is 0.626. The number of benzene rings is 1. The molecule has 12 heteroatoms. The number of sulfone groups is 1. The standard InChI is InChI=1S/C24H27N5O5S2/c1-35(30,31)15-14-28-12-9-17(10-13-28)34-22-21-19-8-5-11-26-24(19)29(20(21)16-27-23(22)25)36(32,33)18-6-3-2-4-7-18/h2-8,11,16-17H,9-10,12-15H2,1H3,(H2,25,27). The third-order valence-electron chi connectivity index (χ3n) is 6.39. The summed E-state index contributed by atoms with van der Waals surface area (Å²) in [4.78, 5) is 10.9. The number of aromatic nitrogens is 3. The second-order valence-electron chi connectivity index (χ2n) is 8.98. The molecule has 1 aliphatic heterocycles. The van der Waals surface area contributed by atoms with Crippen LogP contribution in [0.15, 0.2) is 59.8 Å². The maximum atomic E-state index is 13.7. The molecule has 1 aliphatic rings. The lowest BCUT2D eigenvalue weighted by molar-refractivity contribution is 0.106. The van der Waals surface area contributed by atoms with E-state index in [4.69, 9.17) is 10.5 Å². The predicted molar refractivity (Wildman–Crippen MR) is 138 cm³/mol. The summed E-state index contributed by atoms with van der Waals surface area (Å²) in [5.41, 5.74) is 6.86. The van der Waals surface area contributed by atoms with Gasteiger partial charge in [0, 0.05) is 37.5 Å². The number of nitrogens with two attached hydrogens (primary N) is 1. The van der Waals surface area contributed by atoms with Gasteiger partial charge >= 0.3 is 0 Å². The molecule has 10 nitrogen and oxygen atoms in total. The summed E-state index contributed by atoms with van der Waals surface area (Å²) in [7, 11) is -7.00. The Hall–Kier alpha value is -3.22. The molecular weight excluding hydrogens is 502 g/mol. The van der Waals surface area contributed by atoms with Crippen molar-refractivity contribution >= 4 is 47.6 Å². The molecule has 1 aromatic carbocycles. The van der Waals surface area contributed by atoms with Crippen molar-refractivity contribution in [2.45, 2.75) is 23.8 Å². The molecule has 0 saturated carbocycles. The number of anilines is 1. The topological polar surface area (TPSA) is 137 Å². The van der Waals surface area contributed by atoms with Gasteiger partial charge in [-0.3, -0.25) is 0 Å². The van der Waals surface area contributed by atoms with Crippen LogP contribution in [-0.4, -0.2) is 73.4 Å². The van der Waals surface area contributed by atoms with Crippen molar-refractivity contribution in [1.82, 2.24) is 18.8 Å². The van der Waals surface area contributed by atoms with Crippen molar-refractivity contribution in [3.05, 3.63) is 54.9 Å². The fourth-order valence-electron chi connectivity index (χ4n) is 4.55. The highest BCUT2D eigenvalue weighted by atomic mass is 32.2. The van der Waals surface area contributed by atoms with Crippen molar-refractivity contribution in [1.29, 1.82) is 0 Å². The lowest BCUT2D eigenvalue weighted by atomic mass is 10.1. The second kappa shape index (κ2) is 9.34. The Morgan fingerprint density at radius 3 is 2.44 bits per heavy atom. The van der Waals surface area contributed by atoms with Gasteiger partial charge < -0.3 is 15.4 Å². The fraction of sp³-hybridized carbons (Fsp3) is 0.333. The summed E-state index contributed by atoms with van der Waals surface area (Å²) in [5, 5.41) is 1.14. The monoisotopic (exact) mass is 529 g/mol. The van der Waals surface area contributed by atoms with Gasteiger partial charge in [0.15, 0.2) is 17.2 Å². The number of rotatable bonds is 7.